The molecule has 2 rings (SSSR count). The number of aliphatic imine (C=N–C) groups is 1. The maximum Gasteiger partial charge on any atom is 0.250 e. The van der Waals surface area contributed by atoms with Crippen LogP contribution in [0.1, 0.15) is 26.7 Å². The summed E-state index contributed by atoms with van der Waals surface area (Å²) >= 11 is 0. The van der Waals surface area contributed by atoms with Crippen molar-refractivity contribution in [1.82, 2.24) is 10.2 Å². The Hall–Kier alpha value is -1.95. The molecule has 0 aromatic rings. The van der Waals surface area contributed by atoms with Crippen LogP contribution in [0, 0.1) is 0 Å². The third kappa shape index (κ3) is 2.51. The van der Waals surface area contributed by atoms with Gasteiger partial charge in [-0.2, -0.15) is 4.99 Å². The number of rotatable bonds is 4. The number of aliphatic hydroxyl groups is 1. The number of fused-ring (bicyclic) bond motifs is 1. The highest BCUT2D eigenvalue weighted by atomic mass is 16.3. The van der Waals surface area contributed by atoms with Crippen LogP contribution in [-0.2, 0) is 9.59 Å². The van der Waals surface area contributed by atoms with E-state index in [4.69, 9.17) is 0 Å². The Morgan fingerprint density at radius 1 is 1.60 bits per heavy atom. The van der Waals surface area contributed by atoms with Gasteiger partial charge in [0, 0.05) is 6.20 Å². The minimum atomic E-state index is -1.02. The molecular formula is C14H19N3O3. The van der Waals surface area contributed by atoms with Gasteiger partial charge in [0.25, 0.3) is 5.91 Å². The highest BCUT2D eigenvalue weighted by molar-refractivity contribution is 6.09. The molecule has 20 heavy (non-hydrogen) atoms. The van der Waals surface area contributed by atoms with E-state index < -0.39 is 5.54 Å². The molecule has 2 unspecified atom stereocenters. The number of allylic oxidation sites excluding steroid dienone is 2. The second-order valence-electron chi connectivity index (χ2n) is 5.15. The maximum absolute atomic E-state index is 12.5. The largest absolute Gasteiger partial charge is 0.394 e. The summed E-state index contributed by atoms with van der Waals surface area (Å²) in [6, 6.07) is -0.305. The molecule has 0 radical (unpaired) electrons. The van der Waals surface area contributed by atoms with Crippen LogP contribution >= 0.6 is 0 Å². The van der Waals surface area contributed by atoms with E-state index in [1.165, 1.54) is 0 Å². The van der Waals surface area contributed by atoms with Crippen molar-refractivity contribution in [3.05, 3.63) is 24.4 Å². The Bertz CT molecular complexity index is 506. The topological polar surface area (TPSA) is 82.0 Å². The Balaban J connectivity index is 2.26. The number of amides is 2. The summed E-state index contributed by atoms with van der Waals surface area (Å²) in [6.07, 6.45) is 7.65. The van der Waals surface area contributed by atoms with Gasteiger partial charge in [0.15, 0.2) is 0 Å². The number of nitrogens with zero attached hydrogens (tertiary/aromatic N) is 2. The first-order valence-corrected chi connectivity index (χ1v) is 6.69. The van der Waals surface area contributed by atoms with Gasteiger partial charge in [-0.25, -0.2) is 0 Å². The van der Waals surface area contributed by atoms with Crippen molar-refractivity contribution in [3.8, 4) is 0 Å². The van der Waals surface area contributed by atoms with Gasteiger partial charge in [0.2, 0.25) is 5.91 Å². The number of carbonyl (C=O) groups is 2. The van der Waals surface area contributed by atoms with Crippen LogP contribution in [0.3, 0.4) is 0 Å². The summed E-state index contributed by atoms with van der Waals surface area (Å²) in [5.41, 5.74) is -1.02. The van der Waals surface area contributed by atoms with E-state index in [0.717, 1.165) is 0 Å². The first-order valence-electron chi connectivity index (χ1n) is 6.69. The first kappa shape index (κ1) is 14.5. The van der Waals surface area contributed by atoms with Crippen LogP contribution in [0.2, 0.25) is 0 Å². The molecule has 0 bridgehead atoms. The zero-order chi connectivity index (χ0) is 14.8. The zero-order valence-corrected chi connectivity index (χ0v) is 11.7. The van der Waals surface area contributed by atoms with Crippen molar-refractivity contribution >= 4 is 17.6 Å². The van der Waals surface area contributed by atoms with Gasteiger partial charge < -0.3 is 15.3 Å². The summed E-state index contributed by atoms with van der Waals surface area (Å²) in [4.78, 5) is 29.9. The number of amidine groups is 1. The molecule has 2 amide bonds. The van der Waals surface area contributed by atoms with Crippen LogP contribution in [0.4, 0.5) is 0 Å². The van der Waals surface area contributed by atoms with E-state index in [1.807, 2.05) is 6.92 Å². The molecule has 6 heteroatoms. The summed E-state index contributed by atoms with van der Waals surface area (Å²) in [7, 11) is 0. The summed E-state index contributed by atoms with van der Waals surface area (Å²) in [5.74, 6) is -0.122. The van der Waals surface area contributed by atoms with E-state index in [-0.39, 0.29) is 30.9 Å². The third-order valence-electron chi connectivity index (χ3n) is 3.64. The molecule has 0 spiro atoms. The van der Waals surface area contributed by atoms with Crippen LogP contribution in [0.25, 0.3) is 0 Å². The number of hydrogen-bond acceptors (Lipinski definition) is 4. The van der Waals surface area contributed by atoms with Crippen molar-refractivity contribution < 1.29 is 14.7 Å². The van der Waals surface area contributed by atoms with Gasteiger partial charge in [0.1, 0.15) is 11.4 Å². The van der Waals surface area contributed by atoms with Gasteiger partial charge in [-0.1, -0.05) is 13.0 Å². The van der Waals surface area contributed by atoms with E-state index in [0.29, 0.717) is 12.3 Å². The lowest BCUT2D eigenvalue weighted by Crippen LogP contribution is -2.61. The minimum absolute atomic E-state index is 0.0162. The Kier molecular flexibility index (Phi) is 4.04. The number of hydrogen-bond donors (Lipinski definition) is 2. The zero-order valence-electron chi connectivity index (χ0n) is 11.7. The number of nitrogens with one attached hydrogen (secondary N) is 1. The third-order valence-corrected chi connectivity index (χ3v) is 3.64. The van der Waals surface area contributed by atoms with Crippen LogP contribution in [-0.4, -0.2) is 45.8 Å². The lowest BCUT2D eigenvalue weighted by atomic mass is 9.90. The highest BCUT2D eigenvalue weighted by Gasteiger charge is 2.45. The molecule has 2 aliphatic heterocycles. The van der Waals surface area contributed by atoms with Gasteiger partial charge in [-0.15, -0.1) is 0 Å². The lowest BCUT2D eigenvalue weighted by molar-refractivity contribution is -0.135. The molecule has 2 N–H and O–H groups in total. The van der Waals surface area contributed by atoms with Gasteiger partial charge in [0.05, 0.1) is 19.1 Å². The minimum Gasteiger partial charge on any atom is -0.394 e. The molecule has 0 saturated carbocycles. The quantitative estimate of drug-likeness (QED) is 0.776. The van der Waals surface area contributed by atoms with Gasteiger partial charge in [-0.3, -0.25) is 9.59 Å². The van der Waals surface area contributed by atoms with Gasteiger partial charge >= 0.3 is 0 Å². The molecule has 0 fully saturated rings. The second kappa shape index (κ2) is 5.58. The lowest BCUT2D eigenvalue weighted by Gasteiger charge is -2.42. The average molecular weight is 277 g/mol. The Morgan fingerprint density at radius 3 is 3.00 bits per heavy atom. The SMILES string of the molecule is CCC(CO)NC(=O)C1(C)CC(=O)N=C2C=CC=CN21. The molecule has 0 aromatic heterocycles. The standard InChI is InChI=1S/C14H19N3O3/c1-3-10(9-18)15-13(20)14(2)8-12(19)16-11-6-4-5-7-17(11)14/h4-7,10,18H,3,8-9H2,1-2H3,(H,15,20). The van der Waals surface area contributed by atoms with Crippen LogP contribution in [0.5, 0.6) is 0 Å². The average Bonchev–Trinajstić information content (AvgIpc) is 2.44. The smallest absolute Gasteiger partial charge is 0.250 e. The highest BCUT2D eigenvalue weighted by Crippen LogP contribution is 2.28. The molecule has 6 nitrogen and oxygen atoms in total. The predicted molar refractivity (Wildman–Crippen MR) is 74.9 cm³/mol. The van der Waals surface area contributed by atoms with Crippen LogP contribution in [0.15, 0.2) is 29.4 Å². The van der Waals surface area contributed by atoms with E-state index in [9.17, 15) is 14.7 Å². The predicted octanol–water partition coefficient (Wildman–Crippen LogP) is 0.346. The van der Waals surface area contributed by atoms with E-state index in [2.05, 4.69) is 10.3 Å². The van der Waals surface area contributed by atoms with Crippen molar-refractivity contribution in [2.45, 2.75) is 38.3 Å². The number of carbonyl (C=O) groups excluding carboxylic acids is 2. The summed E-state index contributed by atoms with van der Waals surface area (Å²) in [6.45, 7) is 3.47. The molecule has 0 saturated heterocycles. The second-order valence-corrected chi connectivity index (χ2v) is 5.15. The van der Waals surface area contributed by atoms with Crippen molar-refractivity contribution in [2.24, 2.45) is 4.99 Å². The van der Waals surface area contributed by atoms with Gasteiger partial charge in [-0.05, 0) is 25.5 Å². The Labute approximate surface area is 117 Å². The van der Waals surface area contributed by atoms with Crippen molar-refractivity contribution in [2.75, 3.05) is 6.61 Å². The summed E-state index contributed by atoms with van der Waals surface area (Å²) < 4.78 is 0. The van der Waals surface area contributed by atoms with E-state index >= 15 is 0 Å². The fraction of sp³-hybridized carbons (Fsp3) is 0.500. The molecular weight excluding hydrogens is 258 g/mol. The van der Waals surface area contributed by atoms with Crippen LogP contribution < -0.4 is 5.32 Å². The molecule has 108 valence electrons. The Morgan fingerprint density at radius 2 is 2.35 bits per heavy atom. The molecule has 0 aliphatic carbocycles. The van der Waals surface area contributed by atoms with E-state index in [1.54, 1.807) is 36.3 Å². The normalized spacial score (nSPS) is 26.1. The summed E-state index contributed by atoms with van der Waals surface area (Å²) in [5, 5.41) is 12.0. The fourth-order valence-electron chi connectivity index (χ4n) is 2.30. The maximum atomic E-state index is 12.5. The number of aliphatic hydroxyl groups excluding tert-OH is 1. The molecule has 2 atom stereocenters. The fourth-order valence-corrected chi connectivity index (χ4v) is 2.30. The molecule has 2 aliphatic rings. The monoisotopic (exact) mass is 277 g/mol. The molecule has 2 heterocycles. The first-order chi connectivity index (χ1) is 9.51. The van der Waals surface area contributed by atoms with Crippen molar-refractivity contribution in [3.63, 3.8) is 0 Å². The molecule has 0 aromatic carbocycles. The van der Waals surface area contributed by atoms with Crippen molar-refractivity contribution in [1.29, 1.82) is 0 Å².